The van der Waals surface area contributed by atoms with Gasteiger partial charge in [-0.2, -0.15) is 4.31 Å². The van der Waals surface area contributed by atoms with E-state index in [1.54, 1.807) is 30.0 Å². The van der Waals surface area contributed by atoms with Crippen molar-refractivity contribution >= 4 is 39.1 Å². The second-order valence-electron chi connectivity index (χ2n) is 10.9. The molecule has 3 atom stereocenters. The number of carbonyl (C=O) groups excluding carboxylic acids is 2. The molecule has 1 aliphatic heterocycles. The molecule has 40 heavy (non-hydrogen) atoms. The van der Waals surface area contributed by atoms with Crippen LogP contribution in [0.15, 0.2) is 47.4 Å². The SMILES string of the molecule is C[C@@H]1CN([C@@H](C)CO)C(=O)c2cccc(NC(=O)C3CCCCC3)c2O[C@H]1CN(C)S(=O)(=O)c1ccc(Cl)cc1. The number of likely N-dealkylation sites (N-methyl/N-ethyl adjacent to an activating group) is 1. The van der Waals surface area contributed by atoms with Gasteiger partial charge in [0, 0.05) is 30.5 Å². The maximum atomic E-state index is 13.7. The van der Waals surface area contributed by atoms with Crippen LogP contribution in [0.2, 0.25) is 5.02 Å². The molecule has 1 heterocycles. The van der Waals surface area contributed by atoms with Crippen LogP contribution in [-0.4, -0.2) is 73.4 Å². The molecule has 1 aliphatic carbocycles. The van der Waals surface area contributed by atoms with Crippen molar-refractivity contribution in [1.29, 1.82) is 0 Å². The van der Waals surface area contributed by atoms with E-state index in [9.17, 15) is 23.1 Å². The summed E-state index contributed by atoms with van der Waals surface area (Å²) in [6.45, 7) is 3.64. The van der Waals surface area contributed by atoms with E-state index < -0.39 is 22.2 Å². The summed E-state index contributed by atoms with van der Waals surface area (Å²) in [6, 6.07) is 10.5. The van der Waals surface area contributed by atoms with Crippen LogP contribution < -0.4 is 10.1 Å². The summed E-state index contributed by atoms with van der Waals surface area (Å²) in [6.07, 6.45) is 4.09. The summed E-state index contributed by atoms with van der Waals surface area (Å²) >= 11 is 5.95. The van der Waals surface area contributed by atoms with E-state index in [4.69, 9.17) is 16.3 Å². The first kappa shape index (κ1) is 30.3. The first-order valence-electron chi connectivity index (χ1n) is 13.8. The number of carbonyl (C=O) groups is 2. The number of amides is 2. The third-order valence-corrected chi connectivity index (χ3v) is 9.97. The highest BCUT2D eigenvalue weighted by Crippen LogP contribution is 2.36. The molecule has 2 aromatic rings. The lowest BCUT2D eigenvalue weighted by atomic mass is 9.88. The number of anilines is 1. The van der Waals surface area contributed by atoms with Crippen LogP contribution in [0.25, 0.3) is 0 Å². The summed E-state index contributed by atoms with van der Waals surface area (Å²) < 4.78 is 34.4. The second kappa shape index (κ2) is 12.9. The van der Waals surface area contributed by atoms with Crippen LogP contribution in [0.4, 0.5) is 5.69 Å². The lowest BCUT2D eigenvalue weighted by Gasteiger charge is -2.38. The minimum Gasteiger partial charge on any atom is -0.486 e. The van der Waals surface area contributed by atoms with Crippen molar-refractivity contribution in [2.75, 3.05) is 32.1 Å². The van der Waals surface area contributed by atoms with E-state index >= 15 is 0 Å². The maximum absolute atomic E-state index is 13.7. The highest BCUT2D eigenvalue weighted by Gasteiger charge is 2.36. The Balaban J connectivity index is 1.69. The maximum Gasteiger partial charge on any atom is 0.258 e. The van der Waals surface area contributed by atoms with Gasteiger partial charge in [0.05, 0.1) is 35.3 Å². The summed E-state index contributed by atoms with van der Waals surface area (Å²) in [4.78, 5) is 28.5. The fraction of sp³-hybridized carbons (Fsp3) is 0.517. The number of fused-ring (bicyclic) bond motifs is 1. The number of hydrogen-bond acceptors (Lipinski definition) is 6. The number of benzene rings is 2. The molecule has 0 radical (unpaired) electrons. The molecule has 2 aliphatic rings. The molecule has 2 aromatic carbocycles. The van der Waals surface area contributed by atoms with E-state index in [0.717, 1.165) is 32.1 Å². The number of nitrogens with one attached hydrogen (secondary N) is 1. The van der Waals surface area contributed by atoms with Gasteiger partial charge in [-0.3, -0.25) is 9.59 Å². The lowest BCUT2D eigenvalue weighted by Crippen LogP contribution is -2.50. The molecule has 9 nitrogen and oxygen atoms in total. The Hall–Kier alpha value is -2.66. The van der Waals surface area contributed by atoms with Crippen molar-refractivity contribution in [2.45, 2.75) is 63.0 Å². The number of aliphatic hydroxyl groups excluding tert-OH is 1. The molecule has 0 saturated heterocycles. The van der Waals surface area contributed by atoms with E-state index in [1.807, 2.05) is 6.92 Å². The highest BCUT2D eigenvalue weighted by molar-refractivity contribution is 7.89. The van der Waals surface area contributed by atoms with Crippen LogP contribution in [0.5, 0.6) is 5.75 Å². The van der Waals surface area contributed by atoms with Crippen LogP contribution in [0.3, 0.4) is 0 Å². The Kier molecular flexibility index (Phi) is 9.76. The van der Waals surface area contributed by atoms with Crippen molar-refractivity contribution in [1.82, 2.24) is 9.21 Å². The highest BCUT2D eigenvalue weighted by atomic mass is 35.5. The number of ether oxygens (including phenoxy) is 1. The Bertz CT molecular complexity index is 1310. The normalized spacial score (nSPS) is 21.2. The second-order valence-corrected chi connectivity index (χ2v) is 13.3. The molecule has 0 unspecified atom stereocenters. The quantitative estimate of drug-likeness (QED) is 0.470. The van der Waals surface area contributed by atoms with Gasteiger partial charge in [-0.15, -0.1) is 0 Å². The van der Waals surface area contributed by atoms with Gasteiger partial charge < -0.3 is 20.1 Å². The van der Waals surface area contributed by atoms with E-state index in [1.165, 1.54) is 35.6 Å². The summed E-state index contributed by atoms with van der Waals surface area (Å²) in [5, 5.41) is 13.3. The van der Waals surface area contributed by atoms with Crippen LogP contribution in [0, 0.1) is 11.8 Å². The third kappa shape index (κ3) is 6.62. The number of halogens is 1. The molecule has 11 heteroatoms. The van der Waals surface area contributed by atoms with Gasteiger partial charge in [-0.1, -0.05) is 43.9 Å². The Morgan fingerprint density at radius 2 is 1.85 bits per heavy atom. The fourth-order valence-electron chi connectivity index (χ4n) is 5.30. The number of hydrogen-bond donors (Lipinski definition) is 2. The molecular weight excluding hydrogens is 554 g/mol. The molecule has 218 valence electrons. The number of para-hydroxylation sites is 1. The summed E-state index contributed by atoms with van der Waals surface area (Å²) in [5.74, 6) is -0.640. The fourth-order valence-corrected chi connectivity index (χ4v) is 6.61. The number of sulfonamides is 1. The summed E-state index contributed by atoms with van der Waals surface area (Å²) in [7, 11) is -2.38. The van der Waals surface area contributed by atoms with Gasteiger partial charge in [0.15, 0.2) is 5.75 Å². The van der Waals surface area contributed by atoms with Crippen LogP contribution in [-0.2, 0) is 14.8 Å². The minimum absolute atomic E-state index is 0.00793. The van der Waals surface area contributed by atoms with Crippen LogP contribution >= 0.6 is 11.6 Å². The molecule has 2 N–H and O–H groups in total. The van der Waals surface area contributed by atoms with Gasteiger partial charge in [-0.25, -0.2) is 8.42 Å². The van der Waals surface area contributed by atoms with Crippen molar-refractivity contribution in [3.63, 3.8) is 0 Å². The van der Waals surface area contributed by atoms with Gasteiger partial charge >= 0.3 is 0 Å². The zero-order valence-corrected chi connectivity index (χ0v) is 24.7. The molecule has 4 rings (SSSR count). The van der Waals surface area contributed by atoms with Crippen molar-refractivity contribution in [2.24, 2.45) is 11.8 Å². The molecule has 1 saturated carbocycles. The first-order chi connectivity index (χ1) is 19.0. The number of aliphatic hydroxyl groups is 1. The minimum atomic E-state index is -3.86. The van der Waals surface area contributed by atoms with Crippen molar-refractivity contribution in [3.05, 3.63) is 53.1 Å². The topological polar surface area (TPSA) is 116 Å². The zero-order valence-electron chi connectivity index (χ0n) is 23.2. The average molecular weight is 592 g/mol. The number of rotatable bonds is 8. The molecule has 2 amide bonds. The van der Waals surface area contributed by atoms with Gasteiger partial charge in [0.2, 0.25) is 15.9 Å². The molecule has 0 spiro atoms. The Labute approximate surface area is 241 Å². The zero-order chi connectivity index (χ0) is 29.0. The first-order valence-corrected chi connectivity index (χ1v) is 15.6. The monoisotopic (exact) mass is 591 g/mol. The molecule has 0 aromatic heterocycles. The smallest absolute Gasteiger partial charge is 0.258 e. The van der Waals surface area contributed by atoms with Crippen molar-refractivity contribution in [3.8, 4) is 5.75 Å². The molecular formula is C29H38ClN3O6S. The van der Waals surface area contributed by atoms with Crippen molar-refractivity contribution < 1.29 is 27.9 Å². The largest absolute Gasteiger partial charge is 0.486 e. The molecule has 1 fully saturated rings. The summed E-state index contributed by atoms with van der Waals surface area (Å²) in [5.41, 5.74) is 0.627. The molecule has 0 bridgehead atoms. The number of nitrogens with zero attached hydrogens (tertiary/aromatic N) is 2. The predicted molar refractivity (Wildman–Crippen MR) is 154 cm³/mol. The van der Waals surface area contributed by atoms with E-state index in [2.05, 4.69) is 5.32 Å². The standard InChI is InChI=1S/C29H38ClN3O6S/c1-19-16-33(20(2)18-34)29(36)24-10-7-11-25(31-28(35)21-8-5-4-6-9-21)27(24)39-26(19)17-32(3)40(37,38)23-14-12-22(30)13-15-23/h7,10-15,19-21,26,34H,4-6,8-9,16-18H2,1-3H3,(H,31,35)/t19-,20+,26+/m1/s1. The van der Waals surface area contributed by atoms with Gasteiger partial charge in [0.1, 0.15) is 6.10 Å². The Morgan fingerprint density at radius 3 is 2.50 bits per heavy atom. The predicted octanol–water partition coefficient (Wildman–Crippen LogP) is 4.40. The van der Waals surface area contributed by atoms with E-state index in [0.29, 0.717) is 10.7 Å². The lowest BCUT2D eigenvalue weighted by molar-refractivity contribution is -0.120. The Morgan fingerprint density at radius 1 is 1.18 bits per heavy atom. The average Bonchev–Trinajstić information content (AvgIpc) is 2.95. The van der Waals surface area contributed by atoms with Gasteiger partial charge in [0.25, 0.3) is 5.91 Å². The van der Waals surface area contributed by atoms with Gasteiger partial charge in [-0.05, 0) is 56.2 Å². The van der Waals surface area contributed by atoms with E-state index in [-0.39, 0.29) is 59.6 Å². The third-order valence-electron chi connectivity index (χ3n) is 7.88. The van der Waals surface area contributed by atoms with Crippen LogP contribution in [0.1, 0.15) is 56.3 Å².